The van der Waals surface area contributed by atoms with Crippen LogP contribution in [0.15, 0.2) is 36.4 Å². The summed E-state index contributed by atoms with van der Waals surface area (Å²) in [5.74, 6) is 1.33. The van der Waals surface area contributed by atoms with Gasteiger partial charge in [-0.15, -0.1) is 0 Å². The average molecular weight is 372 g/mol. The number of rotatable bonds is 0. The second-order valence-corrected chi connectivity index (χ2v) is 8.72. The number of benzene rings is 3. The number of imidazole rings is 1. The van der Waals surface area contributed by atoms with Crippen LogP contribution >= 0.6 is 0 Å². The minimum Gasteiger partial charge on any atom is -0.225 e. The smallest absolute Gasteiger partial charge is 0.225 e. The lowest BCUT2D eigenvalue weighted by molar-refractivity contribution is -0.634. The van der Waals surface area contributed by atoms with Gasteiger partial charge in [0.15, 0.2) is 11.0 Å². The van der Waals surface area contributed by atoms with Gasteiger partial charge in [-0.3, -0.25) is 0 Å². The maximum Gasteiger partial charge on any atom is 0.290 e. The van der Waals surface area contributed by atoms with Crippen molar-refractivity contribution in [2.45, 2.75) is 54.5 Å². The molecule has 0 saturated heterocycles. The summed E-state index contributed by atoms with van der Waals surface area (Å²) in [6.45, 7) is 13.8. The number of aromatic nitrogens is 2. The molecule has 0 fully saturated rings. The van der Waals surface area contributed by atoms with Crippen LogP contribution in [0.2, 0.25) is 0 Å². The topological polar surface area (TPSA) is 8.81 Å². The third-order valence-electron chi connectivity index (χ3n) is 7.06. The van der Waals surface area contributed by atoms with Crippen LogP contribution in [-0.2, 0) is 12.6 Å². The van der Waals surface area contributed by atoms with E-state index in [0.717, 1.165) is 0 Å². The van der Waals surface area contributed by atoms with Crippen LogP contribution in [-0.4, -0.2) is 4.57 Å². The summed E-state index contributed by atoms with van der Waals surface area (Å²) in [7, 11) is 2.23. The zero-order valence-corrected chi connectivity index (χ0v) is 17.4. The molecule has 3 aromatic carbocycles. The molecule has 2 heterocycles. The maximum atomic E-state index is 2.58. The fraction of sp³-hybridized carbons (Fsp3) is 0.346. The molecular weight excluding hydrogens is 340 g/mol. The largest absolute Gasteiger partial charge is 0.290 e. The highest BCUT2D eigenvalue weighted by Crippen LogP contribution is 2.47. The Hall–Kier alpha value is -2.61. The van der Waals surface area contributed by atoms with E-state index in [9.17, 15) is 0 Å². The molecule has 0 saturated carbocycles. The van der Waals surface area contributed by atoms with Crippen LogP contribution in [0.4, 0.5) is 0 Å². The van der Waals surface area contributed by atoms with E-state index in [2.05, 4.69) is 94.1 Å². The Morgan fingerprint density at radius 1 is 0.821 bits per heavy atom. The Kier molecular flexibility index (Phi) is 3.81. The van der Waals surface area contributed by atoms with Gasteiger partial charge in [0, 0.05) is 16.7 Å². The molecular formula is C26H31N2+. The first kappa shape index (κ1) is 18.7. The molecule has 144 valence electrons. The van der Waals surface area contributed by atoms with Gasteiger partial charge < -0.3 is 0 Å². The molecule has 0 spiro atoms. The zero-order chi connectivity index (χ0) is 19.2. The van der Waals surface area contributed by atoms with E-state index in [1.807, 2.05) is 0 Å². The molecule has 0 amide bonds. The number of nitrogens with zero attached hydrogens (tertiary/aromatic N) is 2. The molecule has 2 heteroatoms. The summed E-state index contributed by atoms with van der Waals surface area (Å²) in [4.78, 5) is 0. The van der Waals surface area contributed by atoms with Gasteiger partial charge in [0.2, 0.25) is 0 Å². The van der Waals surface area contributed by atoms with E-state index in [0.29, 0.717) is 0 Å². The first-order valence-electron chi connectivity index (χ1n) is 9.80. The molecule has 0 atom stereocenters. The standard InChI is InChI=1S/C25H27N2.CH4/c1-14-15(2)17(4)23-22(16(14)3)26(7)24-20-12-18-10-8-9-11-19(18)13-21(20)25(5,6)27(23)24;/h8-13H,1-7H3;1H4/q+1;. The average Bonchev–Trinajstić information content (AvgIpc) is 3.08. The first-order chi connectivity index (χ1) is 12.7. The highest BCUT2D eigenvalue weighted by Gasteiger charge is 2.46. The van der Waals surface area contributed by atoms with Crippen molar-refractivity contribution >= 4 is 21.8 Å². The van der Waals surface area contributed by atoms with Crippen molar-refractivity contribution in [3.05, 3.63) is 64.2 Å². The monoisotopic (exact) mass is 371 g/mol. The van der Waals surface area contributed by atoms with Gasteiger partial charge in [-0.1, -0.05) is 31.7 Å². The number of aryl methyl sites for hydroxylation is 3. The normalized spacial score (nSPS) is 14.2. The van der Waals surface area contributed by atoms with Crippen LogP contribution in [0.25, 0.3) is 33.2 Å². The van der Waals surface area contributed by atoms with Gasteiger partial charge in [-0.2, -0.15) is 0 Å². The second-order valence-electron chi connectivity index (χ2n) is 8.72. The number of fused-ring (bicyclic) bond motifs is 6. The van der Waals surface area contributed by atoms with Gasteiger partial charge in [0.05, 0.1) is 12.6 Å². The SMILES string of the molecule is C.Cc1c(C)c(C)c2c(c1C)n1c([n+]2C)-c2cc3ccccc3cc2C1(C)C. The molecule has 1 aliphatic rings. The third-order valence-corrected chi connectivity index (χ3v) is 7.06. The first-order valence-corrected chi connectivity index (χ1v) is 9.80. The molecule has 0 radical (unpaired) electrons. The molecule has 0 unspecified atom stereocenters. The van der Waals surface area contributed by atoms with Gasteiger partial charge in [-0.05, 0) is 75.6 Å². The van der Waals surface area contributed by atoms with Crippen molar-refractivity contribution in [3.8, 4) is 11.4 Å². The van der Waals surface area contributed by atoms with Crippen molar-refractivity contribution in [1.29, 1.82) is 0 Å². The zero-order valence-electron chi connectivity index (χ0n) is 17.4. The van der Waals surface area contributed by atoms with E-state index in [4.69, 9.17) is 0 Å². The van der Waals surface area contributed by atoms with Crippen molar-refractivity contribution < 1.29 is 4.57 Å². The summed E-state index contributed by atoms with van der Waals surface area (Å²) in [6, 6.07) is 13.5. The Balaban J connectivity index is 0.00000192. The van der Waals surface area contributed by atoms with E-state index < -0.39 is 0 Å². The number of hydrogen-bond donors (Lipinski definition) is 0. The molecule has 0 aliphatic carbocycles. The van der Waals surface area contributed by atoms with E-state index in [1.54, 1.807) is 0 Å². The molecule has 28 heavy (non-hydrogen) atoms. The maximum absolute atomic E-state index is 2.58. The van der Waals surface area contributed by atoms with E-state index >= 15 is 0 Å². The van der Waals surface area contributed by atoms with Crippen LogP contribution in [0.3, 0.4) is 0 Å². The minimum absolute atomic E-state index is 0. The van der Waals surface area contributed by atoms with E-state index in [-0.39, 0.29) is 13.0 Å². The molecule has 0 bridgehead atoms. The van der Waals surface area contributed by atoms with Gasteiger partial charge in [0.1, 0.15) is 5.54 Å². The van der Waals surface area contributed by atoms with E-state index in [1.165, 1.54) is 61.0 Å². The van der Waals surface area contributed by atoms with Gasteiger partial charge in [0.25, 0.3) is 5.82 Å². The molecule has 2 nitrogen and oxygen atoms in total. The Bertz CT molecular complexity index is 1290. The summed E-state index contributed by atoms with van der Waals surface area (Å²) < 4.78 is 5.01. The predicted octanol–water partition coefficient (Wildman–Crippen LogP) is 6.25. The van der Waals surface area contributed by atoms with Crippen molar-refractivity contribution in [1.82, 2.24) is 4.57 Å². The third kappa shape index (κ3) is 2.01. The minimum atomic E-state index is -0.0763. The molecule has 1 aromatic heterocycles. The Morgan fingerprint density at radius 3 is 2.04 bits per heavy atom. The quantitative estimate of drug-likeness (QED) is 0.323. The fourth-order valence-electron chi connectivity index (χ4n) is 5.22. The van der Waals surface area contributed by atoms with Crippen LogP contribution in [0.1, 0.15) is 49.1 Å². The summed E-state index contributed by atoms with van der Waals surface area (Å²) in [5, 5.41) is 2.63. The van der Waals surface area contributed by atoms with Gasteiger partial charge >= 0.3 is 0 Å². The molecule has 5 rings (SSSR count). The van der Waals surface area contributed by atoms with Crippen LogP contribution in [0.5, 0.6) is 0 Å². The Morgan fingerprint density at radius 2 is 1.39 bits per heavy atom. The second kappa shape index (κ2) is 5.70. The van der Waals surface area contributed by atoms with Crippen molar-refractivity contribution in [3.63, 3.8) is 0 Å². The molecule has 0 N–H and O–H groups in total. The lowest BCUT2D eigenvalue weighted by Crippen LogP contribution is -2.30. The van der Waals surface area contributed by atoms with Crippen LogP contribution < -0.4 is 4.57 Å². The van der Waals surface area contributed by atoms with Crippen molar-refractivity contribution in [2.24, 2.45) is 7.05 Å². The molecule has 4 aromatic rings. The highest BCUT2D eigenvalue weighted by atomic mass is 15.2. The summed E-state index contributed by atoms with van der Waals surface area (Å²) >= 11 is 0. The highest BCUT2D eigenvalue weighted by molar-refractivity contribution is 5.93. The Labute approximate surface area is 168 Å². The van der Waals surface area contributed by atoms with Crippen LogP contribution in [0, 0.1) is 27.7 Å². The summed E-state index contributed by atoms with van der Waals surface area (Å²) in [6.07, 6.45) is 0. The van der Waals surface area contributed by atoms with Crippen molar-refractivity contribution in [2.75, 3.05) is 0 Å². The lowest BCUT2D eigenvalue weighted by atomic mass is 9.90. The molecule has 1 aliphatic heterocycles. The number of hydrogen-bond acceptors (Lipinski definition) is 0. The lowest BCUT2D eigenvalue weighted by Gasteiger charge is -2.20. The summed E-state index contributed by atoms with van der Waals surface area (Å²) in [5.41, 5.74) is 11.1. The predicted molar refractivity (Wildman–Crippen MR) is 120 cm³/mol. The van der Waals surface area contributed by atoms with Gasteiger partial charge in [-0.25, -0.2) is 9.13 Å². The fourth-order valence-corrected chi connectivity index (χ4v) is 5.22.